The van der Waals surface area contributed by atoms with Crippen molar-refractivity contribution in [1.29, 1.82) is 0 Å². The number of benzene rings is 2. The van der Waals surface area contributed by atoms with E-state index in [-0.39, 0.29) is 6.54 Å². The van der Waals surface area contributed by atoms with Gasteiger partial charge in [0.15, 0.2) is 0 Å². The summed E-state index contributed by atoms with van der Waals surface area (Å²) in [5.74, 6) is -0.0378. The van der Waals surface area contributed by atoms with E-state index in [1.165, 1.54) is 7.11 Å². The normalized spacial score (nSPS) is 11.1. The number of carbonyl (C=O) groups excluding carboxylic acids is 1. The summed E-state index contributed by atoms with van der Waals surface area (Å²) in [7, 11) is -2.22. The van der Waals surface area contributed by atoms with Gasteiger partial charge < -0.3 is 10.1 Å². The Morgan fingerprint density at radius 3 is 2.19 bits per heavy atom. The Bertz CT molecular complexity index is 903. The van der Waals surface area contributed by atoms with Crippen LogP contribution in [0, 0.1) is 20.8 Å². The first kappa shape index (κ1) is 19.8. The Morgan fingerprint density at radius 2 is 1.65 bits per heavy atom. The van der Waals surface area contributed by atoms with E-state index in [2.05, 4.69) is 5.32 Å². The number of anilines is 2. The van der Waals surface area contributed by atoms with Gasteiger partial charge in [0.2, 0.25) is 15.9 Å². The molecule has 2 rings (SSSR count). The molecule has 140 valence electrons. The lowest BCUT2D eigenvalue weighted by molar-refractivity contribution is -0.114. The fourth-order valence-electron chi connectivity index (χ4n) is 2.75. The average molecular weight is 376 g/mol. The Morgan fingerprint density at radius 1 is 1.04 bits per heavy atom. The van der Waals surface area contributed by atoms with E-state index in [9.17, 15) is 13.2 Å². The molecule has 0 heterocycles. The number of aryl methyl sites for hydroxylation is 3. The zero-order valence-electron chi connectivity index (χ0n) is 15.7. The highest BCUT2D eigenvalue weighted by Crippen LogP contribution is 2.31. The number of hydrogen-bond acceptors (Lipinski definition) is 4. The summed E-state index contributed by atoms with van der Waals surface area (Å²) in [4.78, 5) is 12.5. The first-order chi connectivity index (χ1) is 12.1. The minimum Gasteiger partial charge on any atom is -0.495 e. The van der Waals surface area contributed by atoms with E-state index in [1.807, 2.05) is 45.0 Å². The van der Waals surface area contributed by atoms with Crippen LogP contribution in [0.4, 0.5) is 11.4 Å². The second-order valence-corrected chi connectivity index (χ2v) is 8.28. The fourth-order valence-corrected chi connectivity index (χ4v) is 3.61. The summed E-state index contributed by atoms with van der Waals surface area (Å²) in [6.07, 6.45) is 1.07. The van der Waals surface area contributed by atoms with Gasteiger partial charge in [-0.25, -0.2) is 8.42 Å². The Labute approximate surface area is 154 Å². The molecule has 7 heteroatoms. The quantitative estimate of drug-likeness (QED) is 0.841. The lowest BCUT2D eigenvalue weighted by Crippen LogP contribution is -2.37. The molecule has 26 heavy (non-hydrogen) atoms. The van der Waals surface area contributed by atoms with Crippen LogP contribution in [0.15, 0.2) is 36.4 Å². The molecule has 0 aliphatic heterocycles. The van der Waals surface area contributed by atoms with Gasteiger partial charge in [-0.15, -0.1) is 0 Å². The van der Waals surface area contributed by atoms with Gasteiger partial charge in [0.05, 0.1) is 19.1 Å². The summed E-state index contributed by atoms with van der Waals surface area (Å²) < 4.78 is 30.9. The van der Waals surface area contributed by atoms with Crippen LogP contribution < -0.4 is 14.4 Å². The van der Waals surface area contributed by atoms with Crippen molar-refractivity contribution >= 4 is 27.3 Å². The third kappa shape index (κ3) is 4.98. The van der Waals surface area contributed by atoms with E-state index in [4.69, 9.17) is 4.74 Å². The molecular formula is C19H24N2O4S. The minimum absolute atomic E-state index is 0.338. The molecular weight excluding hydrogens is 352 g/mol. The summed E-state index contributed by atoms with van der Waals surface area (Å²) in [6.45, 7) is 5.37. The van der Waals surface area contributed by atoms with Gasteiger partial charge in [-0.3, -0.25) is 9.10 Å². The van der Waals surface area contributed by atoms with Crippen LogP contribution in [0.25, 0.3) is 0 Å². The maximum absolute atomic E-state index is 12.5. The number of amides is 1. The van der Waals surface area contributed by atoms with Crippen molar-refractivity contribution in [3.8, 4) is 5.75 Å². The lowest BCUT2D eigenvalue weighted by Gasteiger charge is -2.24. The molecule has 0 spiro atoms. The van der Waals surface area contributed by atoms with Gasteiger partial charge in [0.25, 0.3) is 0 Å². The van der Waals surface area contributed by atoms with Crippen molar-refractivity contribution in [2.24, 2.45) is 0 Å². The van der Waals surface area contributed by atoms with Crippen LogP contribution in [0.3, 0.4) is 0 Å². The van der Waals surface area contributed by atoms with Crippen LogP contribution in [-0.2, 0) is 14.8 Å². The number of ether oxygens (including phenoxy) is 1. The smallest absolute Gasteiger partial charge is 0.245 e. The van der Waals surface area contributed by atoms with Gasteiger partial charge in [-0.05, 0) is 61.7 Å². The summed E-state index contributed by atoms with van der Waals surface area (Å²) in [6, 6.07) is 10.9. The summed E-state index contributed by atoms with van der Waals surface area (Å²) in [5, 5.41) is 2.76. The van der Waals surface area contributed by atoms with Gasteiger partial charge >= 0.3 is 0 Å². The van der Waals surface area contributed by atoms with Gasteiger partial charge in [-0.1, -0.05) is 12.1 Å². The molecule has 0 aromatic heterocycles. The van der Waals surface area contributed by atoms with Crippen LogP contribution >= 0.6 is 0 Å². The van der Waals surface area contributed by atoms with Crippen molar-refractivity contribution in [3.05, 3.63) is 53.1 Å². The molecule has 0 atom stereocenters. The lowest BCUT2D eigenvalue weighted by atomic mass is 10.1. The maximum Gasteiger partial charge on any atom is 0.245 e. The molecule has 0 saturated carbocycles. The van der Waals surface area contributed by atoms with Crippen molar-refractivity contribution in [2.45, 2.75) is 20.8 Å². The Balaban J connectivity index is 2.32. The molecule has 0 aliphatic rings. The van der Waals surface area contributed by atoms with Gasteiger partial charge in [-0.2, -0.15) is 0 Å². The molecule has 0 unspecified atom stereocenters. The SMILES string of the molecule is COc1ccc(C)cc1N(CC(=O)Nc1cc(C)cc(C)c1)S(C)(=O)=O. The highest BCUT2D eigenvalue weighted by atomic mass is 32.2. The number of hydrogen-bond donors (Lipinski definition) is 1. The largest absolute Gasteiger partial charge is 0.495 e. The predicted octanol–water partition coefficient (Wildman–Crippen LogP) is 3.03. The van der Waals surface area contributed by atoms with Crippen LogP contribution in [-0.4, -0.2) is 34.2 Å². The van der Waals surface area contributed by atoms with Crippen molar-refractivity contribution < 1.29 is 17.9 Å². The second kappa shape index (κ2) is 7.78. The highest BCUT2D eigenvalue weighted by Gasteiger charge is 2.24. The maximum atomic E-state index is 12.5. The molecule has 2 aromatic carbocycles. The van der Waals surface area contributed by atoms with Gasteiger partial charge in [0, 0.05) is 5.69 Å². The van der Waals surface area contributed by atoms with Gasteiger partial charge in [0.1, 0.15) is 12.3 Å². The number of nitrogens with one attached hydrogen (secondary N) is 1. The predicted molar refractivity (Wildman–Crippen MR) is 104 cm³/mol. The fraction of sp³-hybridized carbons (Fsp3) is 0.316. The van der Waals surface area contributed by atoms with E-state index in [0.717, 1.165) is 27.3 Å². The van der Waals surface area contributed by atoms with E-state index in [0.29, 0.717) is 17.1 Å². The van der Waals surface area contributed by atoms with E-state index < -0.39 is 15.9 Å². The molecule has 2 aromatic rings. The first-order valence-corrected chi connectivity index (χ1v) is 9.95. The highest BCUT2D eigenvalue weighted by molar-refractivity contribution is 7.92. The summed E-state index contributed by atoms with van der Waals surface area (Å²) >= 11 is 0. The number of rotatable bonds is 6. The topological polar surface area (TPSA) is 75.7 Å². The van der Waals surface area contributed by atoms with Crippen LogP contribution in [0.5, 0.6) is 5.75 Å². The molecule has 0 saturated heterocycles. The molecule has 1 N–H and O–H groups in total. The molecule has 0 aliphatic carbocycles. The number of nitrogens with zero attached hydrogens (tertiary/aromatic N) is 1. The number of sulfonamides is 1. The van der Waals surface area contributed by atoms with E-state index >= 15 is 0 Å². The minimum atomic E-state index is -3.68. The zero-order valence-corrected chi connectivity index (χ0v) is 16.5. The van der Waals surface area contributed by atoms with Crippen molar-refractivity contribution in [2.75, 3.05) is 29.5 Å². The number of carbonyl (C=O) groups is 1. The third-order valence-corrected chi connectivity index (χ3v) is 4.92. The van der Waals surface area contributed by atoms with Crippen molar-refractivity contribution in [3.63, 3.8) is 0 Å². The van der Waals surface area contributed by atoms with Crippen molar-refractivity contribution in [1.82, 2.24) is 0 Å². The molecule has 0 radical (unpaired) electrons. The second-order valence-electron chi connectivity index (χ2n) is 6.37. The number of methoxy groups -OCH3 is 1. The molecule has 1 amide bonds. The molecule has 6 nitrogen and oxygen atoms in total. The summed E-state index contributed by atoms with van der Waals surface area (Å²) in [5.41, 5.74) is 3.87. The third-order valence-electron chi connectivity index (χ3n) is 3.80. The first-order valence-electron chi connectivity index (χ1n) is 8.10. The zero-order chi connectivity index (χ0) is 19.5. The molecule has 0 fully saturated rings. The van der Waals surface area contributed by atoms with Crippen LogP contribution in [0.2, 0.25) is 0 Å². The average Bonchev–Trinajstić information content (AvgIpc) is 2.50. The monoisotopic (exact) mass is 376 g/mol. The van der Waals surface area contributed by atoms with E-state index in [1.54, 1.807) is 12.1 Å². The Kier molecular flexibility index (Phi) is 5.92. The standard InChI is InChI=1S/C19H24N2O4S/c1-13-6-7-18(25-4)17(11-13)21(26(5,23)24)12-19(22)20-16-9-14(2)8-15(3)10-16/h6-11H,12H2,1-5H3,(H,20,22). The molecule has 0 bridgehead atoms. The Hall–Kier alpha value is -2.54. The van der Waals surface area contributed by atoms with Crippen LogP contribution in [0.1, 0.15) is 16.7 Å².